The van der Waals surface area contributed by atoms with E-state index in [0.29, 0.717) is 11.4 Å². The number of likely N-dealkylation sites (N-methyl/N-ethyl adjacent to an activating group) is 1. The zero-order valence-electron chi connectivity index (χ0n) is 16.1. The summed E-state index contributed by atoms with van der Waals surface area (Å²) in [5, 5.41) is 0. The Kier molecular flexibility index (Phi) is 6.43. The van der Waals surface area contributed by atoms with Crippen molar-refractivity contribution >= 4 is 21.4 Å². The molecule has 0 spiro atoms. The highest BCUT2D eigenvalue weighted by molar-refractivity contribution is 7.92. The van der Waals surface area contributed by atoms with E-state index in [1.165, 1.54) is 30.3 Å². The molecule has 0 saturated carbocycles. The first kappa shape index (κ1) is 21.1. The minimum Gasteiger partial charge on any atom is -0.495 e. The van der Waals surface area contributed by atoms with Crippen molar-refractivity contribution in [3.05, 3.63) is 42.5 Å². The number of nitrogens with zero attached hydrogens (tertiary/aromatic N) is 2. The zero-order chi connectivity index (χ0) is 21.0. The fraction of sp³-hybridized carbons (Fsp3) is 0.368. The maximum absolute atomic E-state index is 12.8. The number of nitrogens with one attached hydrogen (secondary N) is 1. The SMILES string of the molecule is COc1ccc(S(=O)(=O)Nc2ccc(OC(F)F)cc2)cc1N1CCN(C)CC1. The Morgan fingerprint density at radius 1 is 1.03 bits per heavy atom. The van der Waals surface area contributed by atoms with Crippen LogP contribution in [0.3, 0.4) is 0 Å². The van der Waals surface area contributed by atoms with Gasteiger partial charge in [0.15, 0.2) is 0 Å². The van der Waals surface area contributed by atoms with E-state index < -0.39 is 16.6 Å². The van der Waals surface area contributed by atoms with Crippen molar-refractivity contribution < 1.29 is 26.7 Å². The van der Waals surface area contributed by atoms with Crippen molar-refractivity contribution in [2.75, 3.05) is 50.0 Å². The highest BCUT2D eigenvalue weighted by Crippen LogP contribution is 2.32. The number of benzene rings is 2. The van der Waals surface area contributed by atoms with E-state index >= 15 is 0 Å². The van der Waals surface area contributed by atoms with Gasteiger partial charge in [-0.1, -0.05) is 0 Å². The molecule has 0 radical (unpaired) electrons. The molecule has 0 aliphatic carbocycles. The van der Waals surface area contributed by atoms with Gasteiger partial charge in [0.1, 0.15) is 11.5 Å². The summed E-state index contributed by atoms with van der Waals surface area (Å²) in [5.41, 5.74) is 0.952. The van der Waals surface area contributed by atoms with E-state index in [2.05, 4.69) is 19.3 Å². The normalized spacial score (nSPS) is 15.4. The maximum Gasteiger partial charge on any atom is 0.387 e. The molecule has 1 fully saturated rings. The molecule has 7 nitrogen and oxygen atoms in total. The van der Waals surface area contributed by atoms with E-state index in [1.807, 2.05) is 7.05 Å². The molecule has 10 heteroatoms. The molecule has 29 heavy (non-hydrogen) atoms. The smallest absolute Gasteiger partial charge is 0.387 e. The molecule has 0 atom stereocenters. The van der Waals surface area contributed by atoms with Crippen LogP contribution >= 0.6 is 0 Å². The van der Waals surface area contributed by atoms with Gasteiger partial charge in [0.05, 0.1) is 17.7 Å². The lowest BCUT2D eigenvalue weighted by Crippen LogP contribution is -2.44. The molecular weight excluding hydrogens is 404 g/mol. The van der Waals surface area contributed by atoms with Crippen molar-refractivity contribution in [3.63, 3.8) is 0 Å². The van der Waals surface area contributed by atoms with Gasteiger partial charge in [-0.25, -0.2) is 8.42 Å². The lowest BCUT2D eigenvalue weighted by molar-refractivity contribution is -0.0498. The third-order valence-electron chi connectivity index (χ3n) is 4.64. The molecule has 1 aliphatic heterocycles. The summed E-state index contributed by atoms with van der Waals surface area (Å²) in [4.78, 5) is 4.38. The topological polar surface area (TPSA) is 71.1 Å². The molecule has 0 aromatic heterocycles. The van der Waals surface area contributed by atoms with Crippen molar-refractivity contribution in [1.82, 2.24) is 4.90 Å². The highest BCUT2D eigenvalue weighted by atomic mass is 32.2. The van der Waals surface area contributed by atoms with Crippen LogP contribution in [0.4, 0.5) is 20.2 Å². The van der Waals surface area contributed by atoms with E-state index in [-0.39, 0.29) is 16.3 Å². The van der Waals surface area contributed by atoms with Crippen LogP contribution in [0.25, 0.3) is 0 Å². The number of hydrogen-bond donors (Lipinski definition) is 1. The van der Waals surface area contributed by atoms with Crippen molar-refractivity contribution in [2.24, 2.45) is 0 Å². The van der Waals surface area contributed by atoms with E-state index in [9.17, 15) is 17.2 Å². The fourth-order valence-corrected chi connectivity index (χ4v) is 4.13. The highest BCUT2D eigenvalue weighted by Gasteiger charge is 2.22. The predicted octanol–water partition coefficient (Wildman–Crippen LogP) is 2.85. The number of hydrogen-bond acceptors (Lipinski definition) is 6. The van der Waals surface area contributed by atoms with Gasteiger partial charge in [0.25, 0.3) is 10.0 Å². The summed E-state index contributed by atoms with van der Waals surface area (Å²) in [7, 11) is -0.293. The number of halogens is 2. The average molecular weight is 427 g/mol. The van der Waals surface area contributed by atoms with Gasteiger partial charge >= 0.3 is 6.61 Å². The van der Waals surface area contributed by atoms with Crippen LogP contribution < -0.4 is 19.1 Å². The van der Waals surface area contributed by atoms with Crippen LogP contribution in [0.1, 0.15) is 0 Å². The van der Waals surface area contributed by atoms with E-state index in [1.54, 1.807) is 19.2 Å². The number of sulfonamides is 1. The van der Waals surface area contributed by atoms with Crippen molar-refractivity contribution in [2.45, 2.75) is 11.5 Å². The van der Waals surface area contributed by atoms with Crippen LogP contribution in [0.5, 0.6) is 11.5 Å². The summed E-state index contributed by atoms with van der Waals surface area (Å²) in [5.74, 6) is 0.548. The predicted molar refractivity (Wildman–Crippen MR) is 107 cm³/mol. The van der Waals surface area contributed by atoms with Crippen LogP contribution in [-0.4, -0.2) is 60.3 Å². The Labute approximate surface area is 168 Å². The molecule has 1 saturated heterocycles. The van der Waals surface area contributed by atoms with Gasteiger partial charge in [-0.3, -0.25) is 4.72 Å². The first-order valence-electron chi connectivity index (χ1n) is 8.98. The van der Waals surface area contributed by atoms with Gasteiger partial charge in [-0.15, -0.1) is 0 Å². The molecule has 3 rings (SSSR count). The number of alkyl halides is 2. The van der Waals surface area contributed by atoms with E-state index in [4.69, 9.17) is 4.74 Å². The number of piperazine rings is 1. The first-order valence-corrected chi connectivity index (χ1v) is 10.5. The van der Waals surface area contributed by atoms with Crippen molar-refractivity contribution in [3.8, 4) is 11.5 Å². The number of rotatable bonds is 7. The lowest BCUT2D eigenvalue weighted by atomic mass is 10.2. The van der Waals surface area contributed by atoms with Gasteiger partial charge in [-0.05, 0) is 49.5 Å². The second kappa shape index (κ2) is 8.83. The van der Waals surface area contributed by atoms with Crippen LogP contribution in [-0.2, 0) is 10.0 Å². The number of anilines is 2. The standard InChI is InChI=1S/C19H23F2N3O4S/c1-23-9-11-24(12-10-23)17-13-16(7-8-18(17)27-2)29(25,26)22-14-3-5-15(6-4-14)28-19(20)21/h3-8,13,19,22H,9-12H2,1-2H3. The number of methoxy groups -OCH3 is 1. The van der Waals surface area contributed by atoms with Crippen molar-refractivity contribution in [1.29, 1.82) is 0 Å². The zero-order valence-corrected chi connectivity index (χ0v) is 17.0. The summed E-state index contributed by atoms with van der Waals surface area (Å²) < 4.78 is 62.2. The molecule has 0 amide bonds. The average Bonchev–Trinajstić information content (AvgIpc) is 2.69. The van der Waals surface area contributed by atoms with Gasteiger partial charge in [0.2, 0.25) is 0 Å². The minimum atomic E-state index is -3.88. The molecule has 158 valence electrons. The number of ether oxygens (including phenoxy) is 2. The fourth-order valence-electron chi connectivity index (χ4n) is 3.05. The second-order valence-electron chi connectivity index (χ2n) is 6.63. The van der Waals surface area contributed by atoms with Crippen LogP contribution in [0, 0.1) is 0 Å². The molecule has 1 N–H and O–H groups in total. The molecule has 1 heterocycles. The van der Waals surface area contributed by atoms with Gasteiger partial charge in [-0.2, -0.15) is 8.78 Å². The monoisotopic (exact) mass is 427 g/mol. The second-order valence-corrected chi connectivity index (χ2v) is 8.31. The Morgan fingerprint density at radius 3 is 2.28 bits per heavy atom. The summed E-state index contributed by atoms with van der Waals surface area (Å²) >= 11 is 0. The van der Waals surface area contributed by atoms with Crippen LogP contribution in [0.2, 0.25) is 0 Å². The van der Waals surface area contributed by atoms with Gasteiger partial charge in [0, 0.05) is 31.9 Å². The molecule has 2 aromatic carbocycles. The summed E-state index contributed by atoms with van der Waals surface area (Å²) in [6.45, 7) is 0.312. The third kappa shape index (κ3) is 5.27. The molecule has 2 aromatic rings. The Balaban J connectivity index is 1.82. The summed E-state index contributed by atoms with van der Waals surface area (Å²) in [6.07, 6.45) is 0. The van der Waals surface area contributed by atoms with Gasteiger partial charge < -0.3 is 19.3 Å². The maximum atomic E-state index is 12.8. The molecule has 0 bridgehead atoms. The summed E-state index contributed by atoms with van der Waals surface area (Å²) in [6, 6.07) is 9.94. The first-order chi connectivity index (χ1) is 13.8. The molecular formula is C19H23F2N3O4S. The molecule has 0 unspecified atom stereocenters. The lowest BCUT2D eigenvalue weighted by Gasteiger charge is -2.34. The minimum absolute atomic E-state index is 0.0512. The Hall–Kier alpha value is -2.59. The Bertz CT molecular complexity index is 931. The quantitative estimate of drug-likeness (QED) is 0.733. The Morgan fingerprint density at radius 2 is 1.69 bits per heavy atom. The van der Waals surface area contributed by atoms with E-state index in [0.717, 1.165) is 26.2 Å². The molecule has 1 aliphatic rings. The third-order valence-corrected chi connectivity index (χ3v) is 6.02. The largest absolute Gasteiger partial charge is 0.495 e. The van der Waals surface area contributed by atoms with Crippen LogP contribution in [0.15, 0.2) is 47.4 Å².